The number of hydrogen-bond donors (Lipinski definition) is 0. The van der Waals surface area contributed by atoms with Crippen molar-refractivity contribution in [1.29, 1.82) is 0 Å². The molecule has 0 atom stereocenters. The molecule has 6 nitrogen and oxygen atoms in total. The van der Waals surface area contributed by atoms with E-state index in [0.717, 1.165) is 18.5 Å². The Balaban J connectivity index is 2.17. The van der Waals surface area contributed by atoms with Crippen molar-refractivity contribution >= 4 is 31.9 Å². The fourth-order valence-corrected chi connectivity index (χ4v) is 3.36. The molecule has 0 amide bonds. The van der Waals surface area contributed by atoms with Gasteiger partial charge in [0.05, 0.1) is 4.70 Å². The number of hydrogen-bond acceptors (Lipinski definition) is 7. The smallest absolute Gasteiger partial charge is 0.352 e. The van der Waals surface area contributed by atoms with Crippen LogP contribution in [0.1, 0.15) is 5.69 Å². The highest BCUT2D eigenvalue weighted by Crippen LogP contribution is 2.41. The van der Waals surface area contributed by atoms with Crippen LogP contribution in [0.2, 0.25) is 0 Å². The van der Waals surface area contributed by atoms with Crippen molar-refractivity contribution in [2.45, 2.75) is 11.7 Å². The molecule has 0 fully saturated rings. The Kier molecular flexibility index (Phi) is 4.50. The molecule has 3 heterocycles. The van der Waals surface area contributed by atoms with E-state index in [1.165, 1.54) is 12.1 Å². The zero-order chi connectivity index (χ0) is 20.0. The molecule has 0 aliphatic rings. The van der Waals surface area contributed by atoms with E-state index in [4.69, 9.17) is 0 Å². The van der Waals surface area contributed by atoms with Gasteiger partial charge in [-0.1, -0.05) is 6.07 Å². The van der Waals surface area contributed by atoms with Gasteiger partial charge in [-0.15, -0.1) is 0 Å². The van der Waals surface area contributed by atoms with Gasteiger partial charge < -0.3 is 4.18 Å². The molecule has 0 aliphatic carbocycles. The molecule has 0 spiro atoms. The largest absolute Gasteiger partial charge is 0.534 e. The third-order valence-corrected chi connectivity index (χ3v) is 4.96. The lowest BCUT2D eigenvalue weighted by atomic mass is 10.0. The SMILES string of the molecule is O=S(=O)(Oc1nsc2c(-c3cccnc3C(F)(F)F)ccnc12)C(F)(F)F. The average Bonchev–Trinajstić information content (AvgIpc) is 2.95. The molecule has 0 aliphatic heterocycles. The van der Waals surface area contributed by atoms with Gasteiger partial charge in [0.25, 0.3) is 5.88 Å². The highest BCUT2D eigenvalue weighted by Gasteiger charge is 2.49. The topological polar surface area (TPSA) is 82.0 Å². The molecule has 27 heavy (non-hydrogen) atoms. The van der Waals surface area contributed by atoms with Crippen molar-refractivity contribution in [3.05, 3.63) is 36.3 Å². The summed E-state index contributed by atoms with van der Waals surface area (Å²) in [6, 6.07) is 3.52. The maximum Gasteiger partial charge on any atom is 0.534 e. The molecule has 0 saturated carbocycles. The van der Waals surface area contributed by atoms with Crippen LogP contribution in [0.3, 0.4) is 0 Å². The summed E-state index contributed by atoms with van der Waals surface area (Å²) in [6.45, 7) is 0. The Morgan fingerprint density at radius 3 is 2.30 bits per heavy atom. The van der Waals surface area contributed by atoms with Crippen LogP contribution in [-0.2, 0) is 16.3 Å². The highest BCUT2D eigenvalue weighted by atomic mass is 32.2. The minimum atomic E-state index is -6.01. The standard InChI is InChI=1S/C13H5F6N3O3S2/c14-12(15,16)10-7(2-1-4-21-10)6-3-5-20-8-9(6)26-22-11(8)25-27(23,24)13(17,18)19/h1-5H. The van der Waals surface area contributed by atoms with Crippen molar-refractivity contribution in [3.8, 4) is 17.0 Å². The highest BCUT2D eigenvalue weighted by molar-refractivity contribution is 7.88. The third kappa shape index (κ3) is 3.53. The van der Waals surface area contributed by atoms with Crippen molar-refractivity contribution in [2.24, 2.45) is 0 Å². The lowest BCUT2D eigenvalue weighted by Crippen LogP contribution is -2.28. The Morgan fingerprint density at radius 2 is 1.67 bits per heavy atom. The van der Waals surface area contributed by atoms with Gasteiger partial charge in [0.2, 0.25) is 0 Å². The Bertz CT molecular complexity index is 1110. The number of fused-ring (bicyclic) bond motifs is 1. The van der Waals surface area contributed by atoms with E-state index in [1.807, 2.05) is 0 Å². The summed E-state index contributed by atoms with van der Waals surface area (Å²) in [5.74, 6) is -0.980. The van der Waals surface area contributed by atoms with E-state index in [0.29, 0.717) is 11.5 Å². The van der Waals surface area contributed by atoms with Crippen LogP contribution in [-0.4, -0.2) is 28.3 Å². The van der Waals surface area contributed by atoms with Crippen LogP contribution in [0, 0.1) is 0 Å². The van der Waals surface area contributed by atoms with E-state index in [2.05, 4.69) is 18.5 Å². The number of alkyl halides is 6. The molecule has 0 N–H and O–H groups in total. The zero-order valence-corrected chi connectivity index (χ0v) is 14.2. The first-order valence-electron chi connectivity index (χ1n) is 6.69. The molecule has 0 unspecified atom stereocenters. The average molecular weight is 429 g/mol. The fourth-order valence-electron chi connectivity index (χ4n) is 2.09. The summed E-state index contributed by atoms with van der Waals surface area (Å²) < 4.78 is 106. The zero-order valence-electron chi connectivity index (χ0n) is 12.5. The summed E-state index contributed by atoms with van der Waals surface area (Å²) >= 11 is 0.442. The van der Waals surface area contributed by atoms with Gasteiger partial charge in [0.15, 0.2) is 5.69 Å². The molecule has 3 rings (SSSR count). The lowest BCUT2D eigenvalue weighted by Gasteiger charge is -2.11. The van der Waals surface area contributed by atoms with Crippen molar-refractivity contribution < 1.29 is 38.9 Å². The Labute approximate surface area is 150 Å². The van der Waals surface area contributed by atoms with Crippen LogP contribution < -0.4 is 4.18 Å². The van der Waals surface area contributed by atoms with E-state index in [9.17, 15) is 34.8 Å². The predicted molar refractivity (Wildman–Crippen MR) is 81.3 cm³/mol. The van der Waals surface area contributed by atoms with Crippen molar-refractivity contribution in [3.63, 3.8) is 0 Å². The second-order valence-electron chi connectivity index (χ2n) is 4.90. The van der Waals surface area contributed by atoms with Gasteiger partial charge in [-0.2, -0.15) is 39.1 Å². The lowest BCUT2D eigenvalue weighted by molar-refractivity contribution is -0.140. The minimum Gasteiger partial charge on any atom is -0.352 e. The number of nitrogens with zero attached hydrogens (tertiary/aromatic N) is 3. The summed E-state index contributed by atoms with van der Waals surface area (Å²) in [5, 5.41) is 0. The monoisotopic (exact) mass is 429 g/mol. The molecule has 0 aromatic carbocycles. The minimum absolute atomic E-state index is 0.0859. The maximum atomic E-state index is 13.2. The van der Waals surface area contributed by atoms with Gasteiger partial charge >= 0.3 is 21.8 Å². The number of rotatable bonds is 3. The van der Waals surface area contributed by atoms with E-state index >= 15 is 0 Å². The van der Waals surface area contributed by atoms with Crippen molar-refractivity contribution in [2.75, 3.05) is 0 Å². The second kappa shape index (κ2) is 6.30. The van der Waals surface area contributed by atoms with Gasteiger partial charge in [0, 0.05) is 23.5 Å². The Morgan fingerprint density at radius 1 is 0.963 bits per heavy atom. The molecule has 0 bridgehead atoms. The molecule has 3 aromatic rings. The fraction of sp³-hybridized carbons (Fsp3) is 0.154. The number of halogens is 6. The van der Waals surface area contributed by atoms with Crippen LogP contribution in [0.25, 0.3) is 21.3 Å². The summed E-state index contributed by atoms with van der Waals surface area (Å²) in [5.41, 5.74) is -7.81. The molecule has 144 valence electrons. The first kappa shape index (κ1) is 19.3. The predicted octanol–water partition coefficient (Wildman–Crippen LogP) is 4.00. The van der Waals surface area contributed by atoms with Crippen LogP contribution in [0.15, 0.2) is 30.6 Å². The summed E-state index contributed by atoms with van der Waals surface area (Å²) in [6.07, 6.45) is -2.87. The number of pyridine rings is 2. The normalized spacial score (nSPS) is 13.1. The van der Waals surface area contributed by atoms with E-state index in [1.54, 1.807) is 0 Å². The van der Waals surface area contributed by atoms with Crippen LogP contribution >= 0.6 is 11.5 Å². The molecule has 0 saturated heterocycles. The quantitative estimate of drug-likeness (QED) is 0.356. The first-order valence-corrected chi connectivity index (χ1v) is 8.88. The van der Waals surface area contributed by atoms with Crippen LogP contribution in [0.4, 0.5) is 26.3 Å². The molecule has 3 aromatic heterocycles. The summed E-state index contributed by atoms with van der Waals surface area (Å²) in [7, 11) is -6.01. The molecular weight excluding hydrogens is 424 g/mol. The van der Waals surface area contributed by atoms with Crippen LogP contribution in [0.5, 0.6) is 5.88 Å². The van der Waals surface area contributed by atoms with Gasteiger partial charge in [-0.05, 0) is 23.7 Å². The maximum absolute atomic E-state index is 13.2. The first-order chi connectivity index (χ1) is 12.4. The van der Waals surface area contributed by atoms with Gasteiger partial charge in [-0.3, -0.25) is 4.98 Å². The summed E-state index contributed by atoms with van der Waals surface area (Å²) in [4.78, 5) is 6.97. The second-order valence-corrected chi connectivity index (χ2v) is 7.22. The Hall–Kier alpha value is -2.48. The van der Waals surface area contributed by atoms with Gasteiger partial charge in [0.1, 0.15) is 5.52 Å². The third-order valence-electron chi connectivity index (χ3n) is 3.17. The molecule has 0 radical (unpaired) electrons. The molecular formula is C13H5F6N3O3S2. The van der Waals surface area contributed by atoms with E-state index in [-0.39, 0.29) is 15.8 Å². The van der Waals surface area contributed by atoms with Crippen molar-refractivity contribution in [1.82, 2.24) is 14.3 Å². The van der Waals surface area contributed by atoms with E-state index < -0.39 is 38.9 Å². The number of aromatic nitrogens is 3. The molecule has 14 heteroatoms. The van der Waals surface area contributed by atoms with Gasteiger partial charge in [-0.25, -0.2) is 4.98 Å².